The molecule has 1 heterocycles. The van der Waals surface area contributed by atoms with E-state index in [1.165, 1.54) is 19.1 Å². The Morgan fingerprint density at radius 3 is 2.73 bits per heavy atom. The molecule has 152 valence electrons. The summed E-state index contributed by atoms with van der Waals surface area (Å²) in [6, 6.07) is 18.1. The van der Waals surface area contributed by atoms with E-state index in [9.17, 15) is 9.18 Å². The monoisotopic (exact) mass is 403 g/mol. The van der Waals surface area contributed by atoms with Gasteiger partial charge in [0.2, 0.25) is 0 Å². The van der Waals surface area contributed by atoms with Crippen molar-refractivity contribution in [3.63, 3.8) is 0 Å². The van der Waals surface area contributed by atoms with E-state index in [2.05, 4.69) is 0 Å². The van der Waals surface area contributed by atoms with Crippen LogP contribution in [0.3, 0.4) is 0 Å². The summed E-state index contributed by atoms with van der Waals surface area (Å²) in [6.45, 7) is 2.19. The van der Waals surface area contributed by atoms with E-state index in [4.69, 9.17) is 14.9 Å². The Balaban J connectivity index is 1.68. The molecule has 0 amide bonds. The Morgan fingerprint density at radius 2 is 1.93 bits per heavy atom. The minimum atomic E-state index is -0.401. The Morgan fingerprint density at radius 1 is 1.07 bits per heavy atom. The summed E-state index contributed by atoms with van der Waals surface area (Å²) in [6.07, 6.45) is 1.86. The number of nitrogens with two attached hydrogens (primary N) is 1. The summed E-state index contributed by atoms with van der Waals surface area (Å²) in [5, 5.41) is 0.951. The number of Topliss-reactive ketones (excluding diaryl/α,β-unsaturated/α-hetero) is 1. The number of benzene rings is 3. The van der Waals surface area contributed by atoms with Gasteiger partial charge in [-0.05, 0) is 53.9 Å². The van der Waals surface area contributed by atoms with Crippen molar-refractivity contribution in [1.29, 1.82) is 0 Å². The summed E-state index contributed by atoms with van der Waals surface area (Å²) < 4.78 is 25.4. The van der Waals surface area contributed by atoms with Crippen molar-refractivity contribution in [3.05, 3.63) is 89.4 Å². The van der Waals surface area contributed by atoms with Crippen molar-refractivity contribution in [1.82, 2.24) is 0 Å². The van der Waals surface area contributed by atoms with Gasteiger partial charge in [0.15, 0.2) is 0 Å². The van der Waals surface area contributed by atoms with Crippen LogP contribution in [0.25, 0.3) is 22.1 Å². The van der Waals surface area contributed by atoms with Gasteiger partial charge in [-0.15, -0.1) is 0 Å². The van der Waals surface area contributed by atoms with E-state index in [1.807, 2.05) is 42.5 Å². The van der Waals surface area contributed by atoms with Crippen molar-refractivity contribution in [2.24, 2.45) is 5.73 Å². The maximum atomic E-state index is 13.7. The quantitative estimate of drug-likeness (QED) is 0.448. The first-order valence-corrected chi connectivity index (χ1v) is 9.73. The first-order chi connectivity index (χ1) is 14.5. The molecule has 0 spiro atoms. The minimum absolute atomic E-state index is 0.00616. The normalized spacial score (nSPS) is 11.0. The van der Waals surface area contributed by atoms with Crippen molar-refractivity contribution < 1.29 is 18.3 Å². The number of ether oxygens (including phenoxy) is 1. The molecule has 0 atom stereocenters. The van der Waals surface area contributed by atoms with Gasteiger partial charge < -0.3 is 14.9 Å². The summed E-state index contributed by atoms with van der Waals surface area (Å²) in [5.74, 6) is -0.0283. The van der Waals surface area contributed by atoms with Gasteiger partial charge in [-0.2, -0.15) is 0 Å². The molecule has 0 aliphatic heterocycles. The van der Waals surface area contributed by atoms with E-state index in [0.29, 0.717) is 17.9 Å². The maximum absolute atomic E-state index is 13.7. The van der Waals surface area contributed by atoms with Gasteiger partial charge >= 0.3 is 0 Å². The van der Waals surface area contributed by atoms with E-state index in [0.717, 1.165) is 33.2 Å². The lowest BCUT2D eigenvalue weighted by molar-refractivity contribution is -0.116. The van der Waals surface area contributed by atoms with Crippen LogP contribution in [-0.4, -0.2) is 5.78 Å². The molecule has 4 nitrogen and oxygen atoms in total. The molecule has 4 aromatic rings. The van der Waals surface area contributed by atoms with Crippen LogP contribution in [0.1, 0.15) is 23.6 Å². The third-order valence-corrected chi connectivity index (χ3v) is 4.95. The lowest BCUT2D eigenvalue weighted by atomic mass is 9.99. The molecule has 5 heteroatoms. The zero-order valence-corrected chi connectivity index (χ0v) is 16.7. The molecule has 0 radical (unpaired) electrons. The largest absolute Gasteiger partial charge is 0.489 e. The smallest absolute Gasteiger partial charge is 0.141 e. The summed E-state index contributed by atoms with van der Waals surface area (Å²) in [5.41, 5.74) is 11.1. The topological polar surface area (TPSA) is 65.5 Å². The van der Waals surface area contributed by atoms with Crippen LogP contribution in [0, 0.1) is 5.82 Å². The number of hydrogen-bond acceptors (Lipinski definition) is 4. The van der Waals surface area contributed by atoms with E-state index >= 15 is 0 Å². The first kappa shape index (κ1) is 19.9. The third-order valence-electron chi connectivity index (χ3n) is 4.95. The summed E-state index contributed by atoms with van der Waals surface area (Å²) in [4.78, 5) is 11.5. The van der Waals surface area contributed by atoms with Crippen LogP contribution in [-0.2, 0) is 24.4 Å². The number of hydrogen-bond donors (Lipinski definition) is 1. The molecule has 2 N–H and O–H groups in total. The second kappa shape index (κ2) is 8.51. The lowest BCUT2D eigenvalue weighted by Crippen LogP contribution is -2.03. The predicted octanol–water partition coefficient (Wildman–Crippen LogP) is 5.41. The van der Waals surface area contributed by atoms with Crippen molar-refractivity contribution in [3.8, 4) is 16.9 Å². The Bertz CT molecular complexity index is 1210. The highest BCUT2D eigenvalue weighted by Gasteiger charge is 2.12. The molecule has 0 aliphatic rings. The van der Waals surface area contributed by atoms with E-state index in [1.54, 1.807) is 12.3 Å². The first-order valence-electron chi connectivity index (χ1n) is 9.73. The lowest BCUT2D eigenvalue weighted by Gasteiger charge is -2.13. The van der Waals surface area contributed by atoms with Crippen LogP contribution in [0.2, 0.25) is 0 Å². The average molecular weight is 403 g/mol. The van der Waals surface area contributed by atoms with Gasteiger partial charge in [0.25, 0.3) is 0 Å². The maximum Gasteiger partial charge on any atom is 0.141 e. The Hall–Kier alpha value is -3.44. The van der Waals surface area contributed by atoms with Crippen LogP contribution in [0.4, 0.5) is 4.39 Å². The number of carbonyl (C=O) groups excluding carboxylic acids is 1. The number of fused-ring (bicyclic) bond motifs is 1. The van der Waals surface area contributed by atoms with Gasteiger partial charge in [0.05, 0.1) is 6.26 Å². The van der Waals surface area contributed by atoms with Gasteiger partial charge in [-0.3, -0.25) is 4.79 Å². The molecule has 0 unspecified atom stereocenters. The highest BCUT2D eigenvalue weighted by molar-refractivity contribution is 5.93. The van der Waals surface area contributed by atoms with Gasteiger partial charge in [0.1, 0.15) is 29.5 Å². The molecule has 0 saturated carbocycles. The second-order valence-corrected chi connectivity index (χ2v) is 7.31. The number of carbonyl (C=O) groups is 1. The fourth-order valence-corrected chi connectivity index (χ4v) is 3.55. The predicted molar refractivity (Wildman–Crippen MR) is 115 cm³/mol. The number of rotatable bonds is 7. The zero-order valence-electron chi connectivity index (χ0n) is 16.7. The molecule has 0 saturated heterocycles. The molecule has 0 aliphatic carbocycles. The van der Waals surface area contributed by atoms with Crippen LogP contribution >= 0.6 is 0 Å². The van der Waals surface area contributed by atoms with Crippen molar-refractivity contribution in [2.75, 3.05) is 0 Å². The third kappa shape index (κ3) is 4.26. The number of ketones is 1. The Labute approximate surface area is 174 Å². The molecule has 3 aromatic carbocycles. The zero-order chi connectivity index (χ0) is 21.1. The highest BCUT2D eigenvalue weighted by Crippen LogP contribution is 2.32. The minimum Gasteiger partial charge on any atom is -0.489 e. The van der Waals surface area contributed by atoms with Crippen LogP contribution in [0.15, 0.2) is 71.3 Å². The van der Waals surface area contributed by atoms with Crippen LogP contribution in [0.5, 0.6) is 5.75 Å². The molecular formula is C25H22FNO3. The molecule has 0 fully saturated rings. The van der Waals surface area contributed by atoms with E-state index in [-0.39, 0.29) is 18.8 Å². The van der Waals surface area contributed by atoms with Crippen LogP contribution < -0.4 is 10.5 Å². The molecular weight excluding hydrogens is 381 g/mol. The molecule has 1 aromatic heterocycles. The van der Waals surface area contributed by atoms with Gasteiger partial charge in [-0.1, -0.05) is 24.3 Å². The second-order valence-electron chi connectivity index (χ2n) is 7.31. The van der Waals surface area contributed by atoms with Crippen molar-refractivity contribution >= 4 is 16.8 Å². The van der Waals surface area contributed by atoms with Gasteiger partial charge in [-0.25, -0.2) is 4.39 Å². The van der Waals surface area contributed by atoms with Gasteiger partial charge in [0, 0.05) is 35.5 Å². The molecule has 4 rings (SSSR count). The summed E-state index contributed by atoms with van der Waals surface area (Å²) in [7, 11) is 0. The average Bonchev–Trinajstić information content (AvgIpc) is 3.21. The van der Waals surface area contributed by atoms with Crippen molar-refractivity contribution in [2.45, 2.75) is 26.5 Å². The summed E-state index contributed by atoms with van der Waals surface area (Å²) >= 11 is 0. The standard InChI is InChI=1S/C25H22FNO3/c1-16(28)9-20-5-6-22(26)13-24(20)30-15-18-11-21-7-8-29-25(21)23(12-18)19-4-2-3-17(10-19)14-27/h2-8,10-13H,9,14-15,27H2,1H3. The molecule has 30 heavy (non-hydrogen) atoms. The van der Waals surface area contributed by atoms with E-state index < -0.39 is 5.82 Å². The molecule has 0 bridgehead atoms. The Kier molecular flexibility index (Phi) is 5.63. The number of furan rings is 1. The highest BCUT2D eigenvalue weighted by atomic mass is 19.1. The fourth-order valence-electron chi connectivity index (χ4n) is 3.55. The SMILES string of the molecule is CC(=O)Cc1ccc(F)cc1OCc1cc(-c2cccc(CN)c2)c2occc2c1. The number of halogens is 1. The fraction of sp³-hybridized carbons (Fsp3) is 0.160.